The Kier molecular flexibility index (Phi) is 7.46. The van der Waals surface area contributed by atoms with Crippen molar-refractivity contribution in [2.75, 3.05) is 32.7 Å². The highest BCUT2D eigenvalue weighted by atomic mass is 35.5. The third-order valence-electron chi connectivity index (χ3n) is 5.23. The number of aryl methyl sites for hydroxylation is 1. The van der Waals surface area contributed by atoms with E-state index in [1.165, 1.54) is 0 Å². The Balaban J connectivity index is 0.00000243. The summed E-state index contributed by atoms with van der Waals surface area (Å²) in [5.74, 6) is 0.587. The lowest BCUT2D eigenvalue weighted by atomic mass is 10.1. The van der Waals surface area contributed by atoms with Crippen LogP contribution in [0.2, 0.25) is 0 Å². The van der Waals surface area contributed by atoms with E-state index in [0.29, 0.717) is 43.3 Å². The number of benzene rings is 1. The second kappa shape index (κ2) is 9.17. The average molecular weight is 402 g/mol. The Morgan fingerprint density at radius 2 is 1.77 bits per heavy atom. The highest BCUT2D eigenvalue weighted by Gasteiger charge is 2.27. The molecule has 1 amide bonds. The normalized spacial score (nSPS) is 21.0. The van der Waals surface area contributed by atoms with Gasteiger partial charge in [-0.1, -0.05) is 12.1 Å². The van der Waals surface area contributed by atoms with E-state index in [0.717, 1.165) is 37.9 Å². The number of nitrogens with zero attached hydrogens (tertiary/aromatic N) is 2. The molecule has 0 aliphatic carbocycles. The lowest BCUT2D eigenvalue weighted by Gasteiger charge is -2.17. The van der Waals surface area contributed by atoms with Crippen LogP contribution < -0.4 is 5.73 Å². The van der Waals surface area contributed by atoms with Crippen molar-refractivity contribution in [3.8, 4) is 0 Å². The molecule has 0 aromatic heterocycles. The first-order valence-electron chi connectivity index (χ1n) is 9.07. The molecule has 0 radical (unpaired) electrons. The van der Waals surface area contributed by atoms with Gasteiger partial charge >= 0.3 is 0 Å². The summed E-state index contributed by atoms with van der Waals surface area (Å²) in [7, 11) is -3.36. The van der Waals surface area contributed by atoms with Crippen LogP contribution in [0.1, 0.15) is 31.2 Å². The molecule has 2 aliphatic heterocycles. The van der Waals surface area contributed by atoms with Crippen LogP contribution >= 0.6 is 12.4 Å². The van der Waals surface area contributed by atoms with Gasteiger partial charge in [0.2, 0.25) is 15.9 Å². The predicted molar refractivity (Wildman–Crippen MR) is 104 cm³/mol. The summed E-state index contributed by atoms with van der Waals surface area (Å²) in [5, 5.41) is 0. The van der Waals surface area contributed by atoms with E-state index in [-0.39, 0.29) is 18.3 Å². The number of likely N-dealkylation sites (tertiary alicyclic amines) is 1. The Morgan fingerprint density at radius 3 is 2.35 bits per heavy atom. The summed E-state index contributed by atoms with van der Waals surface area (Å²) >= 11 is 0. The van der Waals surface area contributed by atoms with Gasteiger partial charge in [-0.3, -0.25) is 4.79 Å². The first kappa shape index (κ1) is 21.2. The quantitative estimate of drug-likeness (QED) is 0.785. The zero-order chi connectivity index (χ0) is 17.9. The number of rotatable bonds is 6. The molecule has 0 saturated carbocycles. The molecule has 1 atom stereocenters. The van der Waals surface area contributed by atoms with E-state index in [4.69, 9.17) is 5.73 Å². The molecular formula is C18H28ClN3O3S. The molecule has 8 heteroatoms. The maximum atomic E-state index is 12.5. The first-order valence-corrected chi connectivity index (χ1v) is 10.5. The minimum Gasteiger partial charge on any atom is -0.342 e. The van der Waals surface area contributed by atoms with Crippen molar-refractivity contribution in [1.29, 1.82) is 0 Å². The largest absolute Gasteiger partial charge is 0.342 e. The maximum Gasteiger partial charge on any atom is 0.243 e. The monoisotopic (exact) mass is 401 g/mol. The number of nitrogens with two attached hydrogens (primary N) is 1. The molecule has 146 valence electrons. The lowest BCUT2D eigenvalue weighted by molar-refractivity contribution is -0.130. The van der Waals surface area contributed by atoms with Gasteiger partial charge in [0.05, 0.1) is 4.90 Å². The molecule has 2 fully saturated rings. The van der Waals surface area contributed by atoms with E-state index in [9.17, 15) is 13.2 Å². The van der Waals surface area contributed by atoms with Crippen LogP contribution in [0.5, 0.6) is 0 Å². The second-order valence-corrected chi connectivity index (χ2v) is 8.92. The smallest absolute Gasteiger partial charge is 0.243 e. The molecule has 3 rings (SSSR count). The molecule has 1 unspecified atom stereocenters. The topological polar surface area (TPSA) is 83.7 Å². The molecule has 1 aromatic carbocycles. The number of sulfonamides is 1. The molecule has 2 aliphatic rings. The van der Waals surface area contributed by atoms with Gasteiger partial charge in [-0.2, -0.15) is 4.31 Å². The van der Waals surface area contributed by atoms with Crippen LogP contribution in [0, 0.1) is 5.92 Å². The van der Waals surface area contributed by atoms with Gasteiger partial charge in [0.25, 0.3) is 0 Å². The van der Waals surface area contributed by atoms with Gasteiger partial charge in [0.15, 0.2) is 0 Å². The van der Waals surface area contributed by atoms with Gasteiger partial charge in [-0.25, -0.2) is 8.42 Å². The molecule has 0 spiro atoms. The van der Waals surface area contributed by atoms with Crippen molar-refractivity contribution in [2.45, 2.75) is 37.0 Å². The Morgan fingerprint density at radius 1 is 1.12 bits per heavy atom. The summed E-state index contributed by atoms with van der Waals surface area (Å²) in [5.41, 5.74) is 6.65. The molecular weight excluding hydrogens is 374 g/mol. The highest BCUT2D eigenvalue weighted by Crippen LogP contribution is 2.22. The Bertz CT molecular complexity index is 703. The lowest BCUT2D eigenvalue weighted by Crippen LogP contribution is -2.30. The standard InChI is InChI=1S/C18H27N3O3S.ClH/c19-13-16-9-12-20(14-16)18(22)8-5-15-3-6-17(7-4-15)25(23,24)21-10-1-2-11-21;/h3-4,6-7,16H,1-2,5,8-14,19H2;1H. The average Bonchev–Trinajstić information content (AvgIpc) is 3.31. The van der Waals surface area contributed by atoms with Gasteiger partial charge in [0.1, 0.15) is 0 Å². The molecule has 6 nitrogen and oxygen atoms in total. The third kappa shape index (κ3) is 4.76. The van der Waals surface area contributed by atoms with Gasteiger partial charge in [-0.05, 0) is 55.8 Å². The zero-order valence-corrected chi connectivity index (χ0v) is 16.6. The molecule has 1 aromatic rings. The van der Waals surface area contributed by atoms with E-state index in [1.807, 2.05) is 17.0 Å². The van der Waals surface area contributed by atoms with Crippen molar-refractivity contribution in [3.63, 3.8) is 0 Å². The summed E-state index contributed by atoms with van der Waals surface area (Å²) in [6.07, 6.45) is 3.94. The number of carbonyl (C=O) groups is 1. The fraction of sp³-hybridized carbons (Fsp3) is 0.611. The molecule has 26 heavy (non-hydrogen) atoms. The van der Waals surface area contributed by atoms with Crippen LogP contribution in [-0.4, -0.2) is 56.3 Å². The van der Waals surface area contributed by atoms with E-state index < -0.39 is 10.0 Å². The number of hydrogen-bond donors (Lipinski definition) is 1. The first-order chi connectivity index (χ1) is 12.0. The van der Waals surface area contributed by atoms with Crippen LogP contribution in [0.3, 0.4) is 0 Å². The van der Waals surface area contributed by atoms with Crippen molar-refractivity contribution in [3.05, 3.63) is 29.8 Å². The third-order valence-corrected chi connectivity index (χ3v) is 7.14. The second-order valence-electron chi connectivity index (χ2n) is 6.99. The van der Waals surface area contributed by atoms with Crippen LogP contribution in [0.25, 0.3) is 0 Å². The SMILES string of the molecule is Cl.NCC1CCN(C(=O)CCc2ccc(S(=O)(=O)N3CCCC3)cc2)C1. The van der Waals surface area contributed by atoms with E-state index in [1.54, 1.807) is 16.4 Å². The number of halogens is 1. The van der Waals surface area contributed by atoms with Crippen molar-refractivity contribution >= 4 is 28.3 Å². The van der Waals surface area contributed by atoms with E-state index >= 15 is 0 Å². The number of amides is 1. The summed E-state index contributed by atoms with van der Waals surface area (Å²) in [6, 6.07) is 6.97. The van der Waals surface area contributed by atoms with Crippen LogP contribution in [-0.2, 0) is 21.2 Å². The van der Waals surface area contributed by atoms with Gasteiger partial charge in [-0.15, -0.1) is 12.4 Å². The van der Waals surface area contributed by atoms with Gasteiger partial charge < -0.3 is 10.6 Å². The Hall–Kier alpha value is -1.15. The summed E-state index contributed by atoms with van der Waals surface area (Å²) < 4.78 is 26.5. The summed E-state index contributed by atoms with van der Waals surface area (Å²) in [6.45, 7) is 3.42. The predicted octanol–water partition coefficient (Wildman–Crippen LogP) is 1.63. The van der Waals surface area contributed by atoms with Crippen molar-refractivity contribution < 1.29 is 13.2 Å². The number of hydrogen-bond acceptors (Lipinski definition) is 4. The van der Waals surface area contributed by atoms with Gasteiger partial charge in [0, 0.05) is 32.6 Å². The van der Waals surface area contributed by atoms with Crippen LogP contribution in [0.4, 0.5) is 0 Å². The fourth-order valence-electron chi connectivity index (χ4n) is 3.57. The van der Waals surface area contributed by atoms with E-state index in [2.05, 4.69) is 0 Å². The maximum absolute atomic E-state index is 12.5. The molecule has 2 N–H and O–H groups in total. The fourth-order valence-corrected chi connectivity index (χ4v) is 5.08. The Labute approximate surface area is 162 Å². The van der Waals surface area contributed by atoms with Crippen molar-refractivity contribution in [2.24, 2.45) is 11.7 Å². The molecule has 0 bridgehead atoms. The molecule has 2 heterocycles. The highest BCUT2D eigenvalue weighted by molar-refractivity contribution is 7.89. The summed E-state index contributed by atoms with van der Waals surface area (Å²) in [4.78, 5) is 14.5. The number of carbonyl (C=O) groups excluding carboxylic acids is 1. The van der Waals surface area contributed by atoms with Crippen LogP contribution in [0.15, 0.2) is 29.2 Å². The molecule has 2 saturated heterocycles. The minimum absolute atomic E-state index is 0. The van der Waals surface area contributed by atoms with Crippen molar-refractivity contribution in [1.82, 2.24) is 9.21 Å². The zero-order valence-electron chi connectivity index (χ0n) is 15.0. The minimum atomic E-state index is -3.36.